The van der Waals surface area contributed by atoms with Crippen molar-refractivity contribution >= 4 is 0 Å². The first-order chi connectivity index (χ1) is 8.14. The first-order valence-electron chi connectivity index (χ1n) is 6.61. The molecule has 0 radical (unpaired) electrons. The average Bonchev–Trinajstić information content (AvgIpc) is 2.51. The maximum atomic E-state index is 10.8. The maximum absolute atomic E-state index is 10.8. The third-order valence-corrected chi connectivity index (χ3v) is 5.08. The van der Waals surface area contributed by atoms with Crippen LogP contribution in [0.3, 0.4) is 0 Å². The van der Waals surface area contributed by atoms with Gasteiger partial charge < -0.3 is 10.4 Å². The van der Waals surface area contributed by atoms with Crippen molar-refractivity contribution in [3.63, 3.8) is 0 Å². The number of fused-ring (bicyclic) bond motifs is 2. The fourth-order valence-corrected chi connectivity index (χ4v) is 3.79. The summed E-state index contributed by atoms with van der Waals surface area (Å²) in [6, 6.07) is 10.6. The zero-order valence-electron chi connectivity index (χ0n) is 10.4. The van der Waals surface area contributed by atoms with E-state index in [1.807, 2.05) is 0 Å². The Morgan fingerprint density at radius 1 is 1.35 bits per heavy atom. The molecule has 0 aromatic heterocycles. The molecule has 0 spiro atoms. The first-order valence-corrected chi connectivity index (χ1v) is 6.61. The Hall–Kier alpha value is -0.860. The van der Waals surface area contributed by atoms with Crippen LogP contribution >= 0.6 is 0 Å². The molecule has 2 N–H and O–H groups in total. The summed E-state index contributed by atoms with van der Waals surface area (Å²) in [5.74, 6) is 0.431. The standard InChI is InChI=1S/C15H21NO/c1-14(17)13-7-8-15(14,11-16-10-13)9-12-5-3-2-4-6-12/h2-6,13,16-17H,7-11H2,1H3. The minimum absolute atomic E-state index is 0.0390. The van der Waals surface area contributed by atoms with Crippen LogP contribution in [-0.2, 0) is 6.42 Å². The highest BCUT2D eigenvalue weighted by molar-refractivity contribution is 5.21. The van der Waals surface area contributed by atoms with E-state index in [1.54, 1.807) is 0 Å². The van der Waals surface area contributed by atoms with Crippen LogP contribution in [0, 0.1) is 11.3 Å². The van der Waals surface area contributed by atoms with Crippen molar-refractivity contribution in [3.8, 4) is 0 Å². The van der Waals surface area contributed by atoms with E-state index in [9.17, 15) is 5.11 Å². The Morgan fingerprint density at radius 3 is 2.88 bits per heavy atom. The van der Waals surface area contributed by atoms with Crippen molar-refractivity contribution < 1.29 is 5.11 Å². The Labute approximate surface area is 103 Å². The SMILES string of the molecule is CC1(O)C2CCC1(Cc1ccccc1)CNC2. The van der Waals surface area contributed by atoms with Crippen LogP contribution in [0.25, 0.3) is 0 Å². The van der Waals surface area contributed by atoms with Crippen molar-refractivity contribution in [2.24, 2.45) is 11.3 Å². The summed E-state index contributed by atoms with van der Waals surface area (Å²) < 4.78 is 0. The number of aliphatic hydroxyl groups is 1. The van der Waals surface area contributed by atoms with Crippen LogP contribution in [0.5, 0.6) is 0 Å². The fraction of sp³-hybridized carbons (Fsp3) is 0.600. The molecule has 17 heavy (non-hydrogen) atoms. The zero-order valence-corrected chi connectivity index (χ0v) is 10.4. The topological polar surface area (TPSA) is 32.3 Å². The van der Waals surface area contributed by atoms with Gasteiger partial charge in [0.05, 0.1) is 5.60 Å². The Morgan fingerprint density at radius 2 is 2.12 bits per heavy atom. The molecule has 2 bridgehead atoms. The monoisotopic (exact) mass is 231 g/mol. The van der Waals surface area contributed by atoms with Gasteiger partial charge in [0.15, 0.2) is 0 Å². The largest absolute Gasteiger partial charge is 0.389 e. The molecule has 0 amide bonds. The second-order valence-corrected chi connectivity index (χ2v) is 5.96. The summed E-state index contributed by atoms with van der Waals surface area (Å²) in [6.45, 7) is 3.98. The normalized spacial score (nSPS) is 40.5. The summed E-state index contributed by atoms with van der Waals surface area (Å²) in [5, 5.41) is 14.3. The van der Waals surface area contributed by atoms with E-state index in [0.29, 0.717) is 5.92 Å². The highest BCUT2D eigenvalue weighted by Gasteiger charge is 2.57. The van der Waals surface area contributed by atoms with Crippen LogP contribution < -0.4 is 5.32 Å². The van der Waals surface area contributed by atoms with Gasteiger partial charge in [0, 0.05) is 24.4 Å². The van der Waals surface area contributed by atoms with Gasteiger partial charge in [-0.1, -0.05) is 30.3 Å². The molecule has 3 atom stereocenters. The number of benzene rings is 1. The molecule has 1 saturated heterocycles. The lowest BCUT2D eigenvalue weighted by molar-refractivity contribution is -0.0922. The molecule has 1 aromatic rings. The predicted octanol–water partition coefficient (Wildman–Crippen LogP) is 1.98. The first kappa shape index (κ1) is 11.2. The molecule has 1 aliphatic heterocycles. The van der Waals surface area contributed by atoms with E-state index in [0.717, 1.165) is 32.4 Å². The smallest absolute Gasteiger partial charge is 0.0731 e. The Bertz CT molecular complexity index is 397. The molecule has 2 heteroatoms. The molecule has 2 nitrogen and oxygen atoms in total. The second-order valence-electron chi connectivity index (χ2n) is 5.96. The molecule has 1 saturated carbocycles. The average molecular weight is 231 g/mol. The van der Waals surface area contributed by atoms with Gasteiger partial charge in [-0.05, 0) is 31.7 Å². The van der Waals surface area contributed by atoms with Crippen LogP contribution in [0.1, 0.15) is 25.3 Å². The highest BCUT2D eigenvalue weighted by Crippen LogP contribution is 2.53. The van der Waals surface area contributed by atoms with E-state index >= 15 is 0 Å². The lowest BCUT2D eigenvalue weighted by Crippen LogP contribution is -2.58. The number of piperidine rings is 1. The van der Waals surface area contributed by atoms with Crippen molar-refractivity contribution in [2.45, 2.75) is 31.8 Å². The molecule has 1 aromatic carbocycles. The zero-order chi connectivity index (χ0) is 11.9. The quantitative estimate of drug-likeness (QED) is 0.815. The van der Waals surface area contributed by atoms with Gasteiger partial charge in [0.25, 0.3) is 0 Å². The van der Waals surface area contributed by atoms with Gasteiger partial charge in [0.1, 0.15) is 0 Å². The van der Waals surface area contributed by atoms with E-state index in [-0.39, 0.29) is 5.41 Å². The summed E-state index contributed by atoms with van der Waals surface area (Å²) in [5.41, 5.74) is 0.878. The Balaban J connectivity index is 1.90. The number of hydrogen-bond donors (Lipinski definition) is 2. The summed E-state index contributed by atoms with van der Waals surface area (Å²) >= 11 is 0. The molecular formula is C15H21NO. The molecular weight excluding hydrogens is 210 g/mol. The summed E-state index contributed by atoms with van der Waals surface area (Å²) in [4.78, 5) is 0. The number of hydrogen-bond acceptors (Lipinski definition) is 2. The van der Waals surface area contributed by atoms with Crippen LogP contribution in [0.2, 0.25) is 0 Å². The van der Waals surface area contributed by atoms with Crippen LogP contribution in [0.4, 0.5) is 0 Å². The van der Waals surface area contributed by atoms with Crippen LogP contribution in [0.15, 0.2) is 30.3 Å². The van der Waals surface area contributed by atoms with Crippen molar-refractivity contribution in [2.75, 3.05) is 13.1 Å². The van der Waals surface area contributed by atoms with Crippen molar-refractivity contribution in [1.82, 2.24) is 5.32 Å². The number of rotatable bonds is 2. The fourth-order valence-electron chi connectivity index (χ4n) is 3.79. The summed E-state index contributed by atoms with van der Waals surface area (Å²) in [7, 11) is 0. The van der Waals surface area contributed by atoms with E-state index < -0.39 is 5.60 Å². The highest BCUT2D eigenvalue weighted by atomic mass is 16.3. The lowest BCUT2D eigenvalue weighted by atomic mass is 9.67. The van der Waals surface area contributed by atoms with Crippen molar-refractivity contribution in [1.29, 1.82) is 0 Å². The summed E-state index contributed by atoms with van der Waals surface area (Å²) in [6.07, 6.45) is 3.30. The molecule has 1 heterocycles. The van der Waals surface area contributed by atoms with Gasteiger partial charge in [-0.2, -0.15) is 0 Å². The van der Waals surface area contributed by atoms with E-state index in [4.69, 9.17) is 0 Å². The minimum atomic E-state index is -0.506. The number of nitrogens with one attached hydrogen (secondary N) is 1. The molecule has 1 aliphatic carbocycles. The van der Waals surface area contributed by atoms with Crippen molar-refractivity contribution in [3.05, 3.63) is 35.9 Å². The van der Waals surface area contributed by atoms with Gasteiger partial charge in [0.2, 0.25) is 0 Å². The lowest BCUT2D eigenvalue weighted by Gasteiger charge is -2.47. The molecule has 2 fully saturated rings. The van der Waals surface area contributed by atoms with Gasteiger partial charge in [-0.25, -0.2) is 0 Å². The van der Waals surface area contributed by atoms with Gasteiger partial charge in [-0.3, -0.25) is 0 Å². The van der Waals surface area contributed by atoms with E-state index in [1.165, 1.54) is 5.56 Å². The molecule has 3 rings (SSSR count). The molecule has 92 valence electrons. The minimum Gasteiger partial charge on any atom is -0.389 e. The van der Waals surface area contributed by atoms with E-state index in [2.05, 4.69) is 42.6 Å². The van der Waals surface area contributed by atoms with Gasteiger partial charge in [-0.15, -0.1) is 0 Å². The Kier molecular flexibility index (Phi) is 2.53. The third kappa shape index (κ3) is 1.62. The third-order valence-electron chi connectivity index (χ3n) is 5.08. The van der Waals surface area contributed by atoms with Crippen LogP contribution in [-0.4, -0.2) is 23.8 Å². The maximum Gasteiger partial charge on any atom is 0.0731 e. The molecule has 3 unspecified atom stereocenters. The molecule has 2 aliphatic rings. The second kappa shape index (κ2) is 3.82. The van der Waals surface area contributed by atoms with Gasteiger partial charge >= 0.3 is 0 Å². The predicted molar refractivity (Wildman–Crippen MR) is 68.8 cm³/mol.